The second-order valence-corrected chi connectivity index (χ2v) is 8.45. The van der Waals surface area contributed by atoms with Crippen LogP contribution >= 0.6 is 0 Å². The van der Waals surface area contributed by atoms with E-state index in [-0.39, 0.29) is 17.4 Å². The van der Waals surface area contributed by atoms with Gasteiger partial charge < -0.3 is 9.72 Å². The lowest BCUT2D eigenvalue weighted by Crippen LogP contribution is -2.44. The second kappa shape index (κ2) is 6.31. The van der Waals surface area contributed by atoms with Gasteiger partial charge in [0.1, 0.15) is 0 Å². The summed E-state index contributed by atoms with van der Waals surface area (Å²) >= 11 is 0. The van der Waals surface area contributed by atoms with E-state index in [4.69, 9.17) is 4.74 Å². The van der Waals surface area contributed by atoms with Crippen LogP contribution in [0.25, 0.3) is 0 Å². The van der Waals surface area contributed by atoms with Gasteiger partial charge in [-0.2, -0.15) is 0 Å². The fourth-order valence-electron chi connectivity index (χ4n) is 3.44. The molecule has 2 aliphatic heterocycles. The van der Waals surface area contributed by atoms with E-state index < -0.39 is 10.0 Å². The molecule has 1 aromatic heterocycles. The topological polar surface area (TPSA) is 74.4 Å². The lowest BCUT2D eigenvalue weighted by molar-refractivity contribution is -0.0448. The molecule has 124 valence electrons. The zero-order valence-electron chi connectivity index (χ0n) is 13.0. The molecule has 1 aromatic rings. The lowest BCUT2D eigenvalue weighted by atomic mass is 9.87. The number of nitrogens with one attached hydrogen (secondary N) is 2. The van der Waals surface area contributed by atoms with Gasteiger partial charge in [0.05, 0.1) is 18.0 Å². The maximum atomic E-state index is 11.7. The number of aromatic amines is 1. The average Bonchev–Trinajstić information content (AvgIpc) is 3.12. The molecule has 2 N–H and O–H groups in total. The van der Waals surface area contributed by atoms with Gasteiger partial charge in [0.2, 0.25) is 10.0 Å². The Labute approximate surface area is 132 Å². The van der Waals surface area contributed by atoms with E-state index in [1.807, 2.05) is 12.4 Å². The van der Waals surface area contributed by atoms with Crippen LogP contribution in [0, 0.1) is 0 Å². The monoisotopic (exact) mass is 327 g/mol. The van der Waals surface area contributed by atoms with E-state index in [9.17, 15) is 8.42 Å². The summed E-state index contributed by atoms with van der Waals surface area (Å²) in [6.45, 7) is 5.12. The van der Waals surface area contributed by atoms with Gasteiger partial charge in [-0.1, -0.05) is 0 Å². The van der Waals surface area contributed by atoms with Crippen LogP contribution in [0.1, 0.15) is 31.7 Å². The Morgan fingerprint density at radius 1 is 1.45 bits per heavy atom. The zero-order chi connectivity index (χ0) is 15.6. The number of likely N-dealkylation sites (tertiary alicyclic amines) is 1. The van der Waals surface area contributed by atoms with Gasteiger partial charge in [-0.05, 0) is 37.8 Å². The molecule has 0 unspecified atom stereocenters. The quantitative estimate of drug-likeness (QED) is 0.849. The van der Waals surface area contributed by atoms with Crippen molar-refractivity contribution in [3.8, 4) is 0 Å². The van der Waals surface area contributed by atoms with Crippen molar-refractivity contribution in [3.05, 3.63) is 24.0 Å². The van der Waals surface area contributed by atoms with Crippen molar-refractivity contribution >= 4 is 10.0 Å². The molecule has 0 saturated carbocycles. The predicted molar refractivity (Wildman–Crippen MR) is 85.0 cm³/mol. The van der Waals surface area contributed by atoms with Crippen LogP contribution < -0.4 is 4.72 Å². The Bertz CT molecular complexity index is 577. The van der Waals surface area contributed by atoms with Crippen LogP contribution in [-0.2, 0) is 21.3 Å². The van der Waals surface area contributed by atoms with Gasteiger partial charge in [-0.3, -0.25) is 4.90 Å². The molecule has 3 heterocycles. The minimum Gasteiger partial charge on any atom is -0.373 e. The maximum Gasteiger partial charge on any atom is 0.211 e. The second-order valence-electron chi connectivity index (χ2n) is 6.41. The molecule has 0 bridgehead atoms. The Morgan fingerprint density at radius 3 is 2.86 bits per heavy atom. The van der Waals surface area contributed by atoms with Crippen molar-refractivity contribution < 1.29 is 13.2 Å². The Morgan fingerprint density at radius 2 is 2.23 bits per heavy atom. The number of hydrogen-bond donors (Lipinski definition) is 2. The minimum absolute atomic E-state index is 0.0684. The molecular weight excluding hydrogens is 302 g/mol. The highest BCUT2D eigenvalue weighted by molar-refractivity contribution is 7.89. The molecule has 0 aromatic carbocycles. The van der Waals surface area contributed by atoms with Gasteiger partial charge in [-0.25, -0.2) is 13.1 Å². The standard InChI is InChI=1S/C15H25N3O3S/c1-2-22(19,20)17-14-9-15(21-12-14)4-7-18(8-5-15)11-13-3-6-16-10-13/h3,6,10,14,16-17H,2,4-5,7-9,11-12H2,1H3/t14-/m0/s1. The summed E-state index contributed by atoms with van der Waals surface area (Å²) < 4.78 is 32.1. The van der Waals surface area contributed by atoms with Crippen molar-refractivity contribution in [3.63, 3.8) is 0 Å². The first kappa shape index (κ1) is 16.0. The predicted octanol–water partition coefficient (Wildman–Crippen LogP) is 1.08. The summed E-state index contributed by atoms with van der Waals surface area (Å²) in [5.74, 6) is 0.126. The van der Waals surface area contributed by atoms with Gasteiger partial charge in [0.25, 0.3) is 0 Å². The summed E-state index contributed by atoms with van der Waals surface area (Å²) in [7, 11) is -3.15. The molecule has 0 aliphatic carbocycles. The van der Waals surface area contributed by atoms with Gasteiger partial charge >= 0.3 is 0 Å². The molecule has 7 heteroatoms. The first-order valence-electron chi connectivity index (χ1n) is 7.98. The number of H-pyrrole nitrogens is 1. The molecule has 1 atom stereocenters. The average molecular weight is 327 g/mol. The van der Waals surface area contributed by atoms with Crippen molar-refractivity contribution in [1.82, 2.24) is 14.6 Å². The summed E-state index contributed by atoms with van der Waals surface area (Å²) in [6.07, 6.45) is 6.73. The lowest BCUT2D eigenvalue weighted by Gasteiger charge is -2.38. The Hall–Kier alpha value is -0.890. The number of aromatic nitrogens is 1. The Kier molecular flexibility index (Phi) is 4.59. The SMILES string of the molecule is CCS(=O)(=O)N[C@@H]1COC2(CCN(Cc3cc[nH]c3)CC2)C1. The first-order chi connectivity index (χ1) is 10.5. The van der Waals surface area contributed by atoms with E-state index in [2.05, 4.69) is 20.7 Å². The summed E-state index contributed by atoms with van der Waals surface area (Å²) in [5, 5.41) is 0. The van der Waals surface area contributed by atoms with Crippen molar-refractivity contribution in [2.45, 2.75) is 44.4 Å². The summed E-state index contributed by atoms with van der Waals surface area (Å²) in [4.78, 5) is 5.52. The third-order valence-electron chi connectivity index (χ3n) is 4.77. The third kappa shape index (κ3) is 3.71. The highest BCUT2D eigenvalue weighted by Gasteiger charge is 2.43. The first-order valence-corrected chi connectivity index (χ1v) is 9.63. The molecular formula is C15H25N3O3S. The molecule has 2 saturated heterocycles. The number of hydrogen-bond acceptors (Lipinski definition) is 4. The number of nitrogens with zero attached hydrogens (tertiary/aromatic N) is 1. The van der Waals surface area contributed by atoms with E-state index in [1.165, 1.54) is 5.56 Å². The van der Waals surface area contributed by atoms with Gasteiger partial charge in [0.15, 0.2) is 0 Å². The molecule has 0 amide bonds. The number of sulfonamides is 1. The Balaban J connectivity index is 1.51. The van der Waals surface area contributed by atoms with E-state index in [0.717, 1.165) is 38.9 Å². The molecule has 6 nitrogen and oxygen atoms in total. The van der Waals surface area contributed by atoms with Crippen LogP contribution in [0.15, 0.2) is 18.5 Å². The van der Waals surface area contributed by atoms with E-state index in [0.29, 0.717) is 6.61 Å². The summed E-state index contributed by atoms with van der Waals surface area (Å²) in [6, 6.07) is 2.03. The minimum atomic E-state index is -3.15. The van der Waals surface area contributed by atoms with Crippen LogP contribution in [0.5, 0.6) is 0 Å². The van der Waals surface area contributed by atoms with Crippen LogP contribution in [0.4, 0.5) is 0 Å². The van der Waals surface area contributed by atoms with Crippen molar-refractivity contribution in [1.29, 1.82) is 0 Å². The molecule has 22 heavy (non-hydrogen) atoms. The molecule has 2 aliphatic rings. The smallest absolute Gasteiger partial charge is 0.211 e. The van der Waals surface area contributed by atoms with Crippen LogP contribution in [-0.4, -0.2) is 55.4 Å². The van der Waals surface area contributed by atoms with E-state index >= 15 is 0 Å². The third-order valence-corrected chi connectivity index (χ3v) is 6.22. The maximum absolute atomic E-state index is 11.7. The fourth-order valence-corrected chi connectivity index (χ4v) is 4.27. The van der Waals surface area contributed by atoms with Gasteiger partial charge in [0, 0.05) is 38.1 Å². The van der Waals surface area contributed by atoms with Crippen LogP contribution in [0.3, 0.4) is 0 Å². The van der Waals surface area contributed by atoms with Gasteiger partial charge in [-0.15, -0.1) is 0 Å². The molecule has 1 spiro atoms. The number of ether oxygens (including phenoxy) is 1. The van der Waals surface area contributed by atoms with Crippen LogP contribution in [0.2, 0.25) is 0 Å². The largest absolute Gasteiger partial charge is 0.373 e. The zero-order valence-corrected chi connectivity index (χ0v) is 13.9. The highest BCUT2D eigenvalue weighted by Crippen LogP contribution is 2.36. The normalized spacial score (nSPS) is 25.8. The molecule has 3 rings (SSSR count). The number of rotatable bonds is 5. The van der Waals surface area contributed by atoms with Crippen molar-refractivity contribution in [2.75, 3.05) is 25.4 Å². The summed E-state index contributed by atoms with van der Waals surface area (Å²) in [5.41, 5.74) is 1.17. The van der Waals surface area contributed by atoms with Crippen molar-refractivity contribution in [2.24, 2.45) is 0 Å². The highest BCUT2D eigenvalue weighted by atomic mass is 32.2. The molecule has 2 fully saturated rings. The fraction of sp³-hybridized carbons (Fsp3) is 0.733. The molecule has 0 radical (unpaired) electrons. The van der Waals surface area contributed by atoms with E-state index in [1.54, 1.807) is 6.92 Å². The number of piperidine rings is 1.